The van der Waals surface area contributed by atoms with Crippen molar-refractivity contribution in [3.05, 3.63) is 59.7 Å². The van der Waals surface area contributed by atoms with Gasteiger partial charge < -0.3 is 44.5 Å². The van der Waals surface area contributed by atoms with E-state index in [2.05, 4.69) is 0 Å². The smallest absolute Gasteiger partial charge is 0.331 e. The van der Waals surface area contributed by atoms with Crippen molar-refractivity contribution in [1.29, 1.82) is 0 Å². The van der Waals surface area contributed by atoms with Gasteiger partial charge in [-0.05, 0) is 29.8 Å². The van der Waals surface area contributed by atoms with Crippen molar-refractivity contribution < 1.29 is 49.3 Å². The molecular weight excluding hydrogens is 436 g/mol. The topological polar surface area (TPSA) is 155 Å². The van der Waals surface area contributed by atoms with Crippen LogP contribution in [0.15, 0.2) is 48.5 Å². The summed E-state index contributed by atoms with van der Waals surface area (Å²) in [5.74, 6) is -0.390. The summed E-state index contributed by atoms with van der Waals surface area (Å²) >= 11 is 0. The number of aromatic hydroxyl groups is 1. The van der Waals surface area contributed by atoms with Gasteiger partial charge in [-0.25, -0.2) is 4.79 Å². The zero-order chi connectivity index (χ0) is 24.0. The molecule has 10 nitrogen and oxygen atoms in total. The van der Waals surface area contributed by atoms with E-state index in [0.717, 1.165) is 0 Å². The van der Waals surface area contributed by atoms with E-state index in [4.69, 9.17) is 18.9 Å². The predicted molar refractivity (Wildman–Crippen MR) is 114 cm³/mol. The lowest BCUT2D eigenvalue weighted by Crippen LogP contribution is -2.60. The summed E-state index contributed by atoms with van der Waals surface area (Å²) in [5, 5.41) is 49.2. The highest BCUT2D eigenvalue weighted by Crippen LogP contribution is 2.31. The molecule has 178 valence electrons. The number of para-hydroxylation sites is 1. The van der Waals surface area contributed by atoms with Gasteiger partial charge in [0.25, 0.3) is 0 Å². The first-order chi connectivity index (χ1) is 15.8. The molecule has 0 spiro atoms. The molecule has 0 radical (unpaired) electrons. The van der Waals surface area contributed by atoms with E-state index in [1.807, 2.05) is 12.1 Å². The number of hydrogen-bond acceptors (Lipinski definition) is 10. The van der Waals surface area contributed by atoms with Crippen LogP contribution in [-0.2, 0) is 20.9 Å². The molecule has 33 heavy (non-hydrogen) atoms. The molecule has 0 amide bonds. The Hall–Kier alpha value is -3.15. The van der Waals surface area contributed by atoms with Crippen molar-refractivity contribution in [2.45, 2.75) is 37.3 Å². The molecule has 1 saturated heterocycles. The van der Waals surface area contributed by atoms with Crippen molar-refractivity contribution >= 4 is 12.0 Å². The van der Waals surface area contributed by atoms with Gasteiger partial charge in [0, 0.05) is 11.6 Å². The molecule has 0 unspecified atom stereocenters. The second kappa shape index (κ2) is 11.1. The molecule has 5 N–H and O–H groups in total. The SMILES string of the molecule is COc1ccccc1C=CC(=O)OCc1ccc(O[C@@H]2O[C@H](CO)[C@@H](O)[C@H](O)[C@H]2O)c(O)c1. The molecular formula is C23H26O10. The number of methoxy groups -OCH3 is 1. The summed E-state index contributed by atoms with van der Waals surface area (Å²) in [7, 11) is 1.53. The second-order valence-corrected chi connectivity index (χ2v) is 7.30. The number of carbonyl (C=O) groups is 1. The maximum Gasteiger partial charge on any atom is 0.331 e. The van der Waals surface area contributed by atoms with Gasteiger partial charge in [-0.15, -0.1) is 0 Å². The molecule has 0 aromatic heterocycles. The highest BCUT2D eigenvalue weighted by molar-refractivity contribution is 5.87. The first-order valence-electron chi connectivity index (χ1n) is 10.1. The molecule has 1 aliphatic heterocycles. The molecule has 2 aromatic rings. The van der Waals surface area contributed by atoms with Crippen LogP contribution in [0.2, 0.25) is 0 Å². The summed E-state index contributed by atoms with van der Waals surface area (Å²) in [6.07, 6.45) is -4.49. The number of aliphatic hydroxyl groups excluding tert-OH is 4. The van der Waals surface area contributed by atoms with E-state index < -0.39 is 43.3 Å². The molecule has 3 rings (SSSR count). The first kappa shape index (κ1) is 24.5. The minimum Gasteiger partial charge on any atom is -0.504 e. The van der Waals surface area contributed by atoms with Gasteiger partial charge in [0.05, 0.1) is 13.7 Å². The number of benzene rings is 2. The lowest BCUT2D eigenvalue weighted by molar-refractivity contribution is -0.277. The Bertz CT molecular complexity index is 973. The summed E-state index contributed by atoms with van der Waals surface area (Å²) in [6.45, 7) is -0.727. The number of phenols is 1. The van der Waals surface area contributed by atoms with Crippen LogP contribution in [0.3, 0.4) is 0 Å². The van der Waals surface area contributed by atoms with Crippen LogP contribution in [0.25, 0.3) is 6.08 Å². The lowest BCUT2D eigenvalue weighted by atomic mass is 9.99. The Morgan fingerprint density at radius 1 is 1.06 bits per heavy atom. The largest absolute Gasteiger partial charge is 0.504 e. The minimum atomic E-state index is -1.61. The third kappa shape index (κ3) is 6.01. The summed E-state index contributed by atoms with van der Waals surface area (Å²) < 4.78 is 21.0. The Morgan fingerprint density at radius 3 is 2.52 bits per heavy atom. The molecule has 1 aliphatic rings. The number of hydrogen-bond donors (Lipinski definition) is 5. The zero-order valence-electron chi connectivity index (χ0n) is 17.8. The van der Waals surface area contributed by atoms with Gasteiger partial charge in [-0.2, -0.15) is 0 Å². The summed E-state index contributed by atoms with van der Waals surface area (Å²) in [6, 6.07) is 11.4. The van der Waals surface area contributed by atoms with Crippen molar-refractivity contribution in [2.24, 2.45) is 0 Å². The third-order valence-corrected chi connectivity index (χ3v) is 5.03. The van der Waals surface area contributed by atoms with Crippen molar-refractivity contribution in [2.75, 3.05) is 13.7 Å². The molecule has 0 bridgehead atoms. The van der Waals surface area contributed by atoms with E-state index in [9.17, 15) is 30.3 Å². The quantitative estimate of drug-likeness (QED) is 0.274. The average Bonchev–Trinajstić information content (AvgIpc) is 2.83. The summed E-state index contributed by atoms with van der Waals surface area (Å²) in [4.78, 5) is 12.0. The van der Waals surface area contributed by atoms with Crippen molar-refractivity contribution in [3.8, 4) is 17.2 Å². The molecule has 0 aliphatic carbocycles. The van der Waals surface area contributed by atoms with Gasteiger partial charge in [0.1, 0.15) is 36.8 Å². The van der Waals surface area contributed by atoms with E-state index in [0.29, 0.717) is 16.9 Å². The molecule has 2 aromatic carbocycles. The highest BCUT2D eigenvalue weighted by Gasteiger charge is 2.44. The Balaban J connectivity index is 1.58. The van der Waals surface area contributed by atoms with E-state index in [1.165, 1.54) is 31.4 Å². The Labute approximate surface area is 189 Å². The maximum absolute atomic E-state index is 12.0. The van der Waals surface area contributed by atoms with Gasteiger partial charge in [0.15, 0.2) is 11.5 Å². The van der Waals surface area contributed by atoms with Crippen molar-refractivity contribution in [1.82, 2.24) is 0 Å². The van der Waals surface area contributed by atoms with Crippen LogP contribution in [0.4, 0.5) is 0 Å². The summed E-state index contributed by atoms with van der Waals surface area (Å²) in [5.41, 5.74) is 1.18. The minimum absolute atomic E-state index is 0.0783. The highest BCUT2D eigenvalue weighted by atomic mass is 16.7. The van der Waals surface area contributed by atoms with E-state index in [1.54, 1.807) is 18.2 Å². The monoisotopic (exact) mass is 462 g/mol. The van der Waals surface area contributed by atoms with Crippen LogP contribution >= 0.6 is 0 Å². The maximum atomic E-state index is 12.0. The van der Waals surface area contributed by atoms with Crippen molar-refractivity contribution in [3.63, 3.8) is 0 Å². The van der Waals surface area contributed by atoms with Gasteiger partial charge in [0.2, 0.25) is 6.29 Å². The second-order valence-electron chi connectivity index (χ2n) is 7.30. The normalized spacial score (nSPS) is 25.1. The van der Waals surface area contributed by atoms with E-state index >= 15 is 0 Å². The van der Waals surface area contributed by atoms with Crippen LogP contribution in [-0.4, -0.2) is 75.9 Å². The molecule has 5 atom stereocenters. The van der Waals surface area contributed by atoms with Gasteiger partial charge >= 0.3 is 5.97 Å². The van der Waals surface area contributed by atoms with Gasteiger partial charge in [-0.1, -0.05) is 24.3 Å². The molecule has 0 saturated carbocycles. The number of phenolic OH excluding ortho intramolecular Hbond substituents is 1. The first-order valence-corrected chi connectivity index (χ1v) is 10.1. The Kier molecular flexibility index (Phi) is 8.26. The fourth-order valence-corrected chi connectivity index (χ4v) is 3.21. The third-order valence-electron chi connectivity index (χ3n) is 5.03. The fourth-order valence-electron chi connectivity index (χ4n) is 3.21. The number of carbonyl (C=O) groups excluding carboxylic acids is 1. The Morgan fingerprint density at radius 2 is 1.82 bits per heavy atom. The fraction of sp³-hybridized carbons (Fsp3) is 0.348. The van der Waals surface area contributed by atoms with E-state index in [-0.39, 0.29) is 18.1 Å². The van der Waals surface area contributed by atoms with Crippen LogP contribution in [0.5, 0.6) is 17.2 Å². The lowest BCUT2D eigenvalue weighted by Gasteiger charge is -2.39. The molecule has 1 heterocycles. The average molecular weight is 462 g/mol. The number of ether oxygens (including phenoxy) is 4. The molecule has 10 heteroatoms. The molecule has 1 fully saturated rings. The van der Waals surface area contributed by atoms with Crippen LogP contribution in [0.1, 0.15) is 11.1 Å². The number of rotatable bonds is 8. The predicted octanol–water partition coefficient (Wildman–Crippen LogP) is 0.336. The number of aliphatic hydroxyl groups is 4. The zero-order valence-corrected chi connectivity index (χ0v) is 17.8. The van der Waals surface area contributed by atoms with Crippen LogP contribution < -0.4 is 9.47 Å². The number of esters is 1. The van der Waals surface area contributed by atoms with Crippen LogP contribution in [0, 0.1) is 0 Å². The van der Waals surface area contributed by atoms with Gasteiger partial charge in [-0.3, -0.25) is 0 Å². The standard InChI is InChI=1S/C23H26O10/c1-30-16-5-3-2-4-14(16)7-9-19(26)31-12-13-6-8-17(15(25)10-13)32-23-22(29)21(28)20(27)18(11-24)33-23/h2-10,18,20-25,27-29H,11-12H2,1H3/t18-,20-,21+,22-,23-/m1/s1.